The molecule has 16 heavy (non-hydrogen) atoms. The van der Waals surface area contributed by atoms with Gasteiger partial charge in [-0.1, -0.05) is 47.5 Å². The zero-order chi connectivity index (χ0) is 12.3. The van der Waals surface area contributed by atoms with E-state index in [1.807, 2.05) is 0 Å². The van der Waals surface area contributed by atoms with Crippen LogP contribution in [0.3, 0.4) is 0 Å². The molecule has 1 N–H and O–H groups in total. The Morgan fingerprint density at radius 2 is 1.88 bits per heavy atom. The van der Waals surface area contributed by atoms with Gasteiger partial charge in [0.25, 0.3) is 0 Å². The van der Waals surface area contributed by atoms with Crippen molar-refractivity contribution in [2.24, 2.45) is 23.2 Å². The molecule has 3 unspecified atom stereocenters. The highest BCUT2D eigenvalue weighted by molar-refractivity contribution is 4.88. The minimum atomic E-state index is -0.0640. The second kappa shape index (κ2) is 5.53. The number of aliphatic hydroxyl groups is 1. The van der Waals surface area contributed by atoms with Crippen molar-refractivity contribution in [3.8, 4) is 0 Å². The van der Waals surface area contributed by atoms with Gasteiger partial charge in [-0.05, 0) is 42.4 Å². The van der Waals surface area contributed by atoms with Crippen molar-refractivity contribution in [3.05, 3.63) is 0 Å². The molecule has 0 amide bonds. The van der Waals surface area contributed by atoms with E-state index in [0.717, 1.165) is 12.3 Å². The lowest BCUT2D eigenvalue weighted by Gasteiger charge is -2.42. The first-order chi connectivity index (χ1) is 7.33. The minimum absolute atomic E-state index is 0.0640. The fourth-order valence-electron chi connectivity index (χ4n) is 3.11. The maximum absolute atomic E-state index is 10.2. The van der Waals surface area contributed by atoms with Crippen molar-refractivity contribution in [2.45, 2.75) is 72.8 Å². The molecular weight excluding hydrogens is 196 g/mol. The molecule has 1 aliphatic rings. The van der Waals surface area contributed by atoms with Crippen molar-refractivity contribution in [3.63, 3.8) is 0 Å². The zero-order valence-corrected chi connectivity index (χ0v) is 11.8. The highest BCUT2D eigenvalue weighted by Gasteiger charge is 2.37. The van der Waals surface area contributed by atoms with Crippen LogP contribution in [0.15, 0.2) is 0 Å². The Balaban J connectivity index is 2.53. The van der Waals surface area contributed by atoms with Gasteiger partial charge in [-0.15, -0.1) is 0 Å². The van der Waals surface area contributed by atoms with E-state index in [9.17, 15) is 5.11 Å². The molecule has 0 aromatic rings. The summed E-state index contributed by atoms with van der Waals surface area (Å²) in [5, 5.41) is 10.2. The number of hydrogen-bond acceptors (Lipinski definition) is 1. The lowest BCUT2D eigenvalue weighted by molar-refractivity contribution is -0.0177. The van der Waals surface area contributed by atoms with Crippen LogP contribution in [-0.4, -0.2) is 11.2 Å². The van der Waals surface area contributed by atoms with Gasteiger partial charge in [0.1, 0.15) is 0 Å². The largest absolute Gasteiger partial charge is 0.393 e. The Morgan fingerprint density at radius 3 is 2.38 bits per heavy atom. The van der Waals surface area contributed by atoms with Crippen molar-refractivity contribution < 1.29 is 5.11 Å². The summed E-state index contributed by atoms with van der Waals surface area (Å²) in [6.07, 6.45) is 5.99. The summed E-state index contributed by atoms with van der Waals surface area (Å²) < 4.78 is 0. The lowest BCUT2D eigenvalue weighted by Crippen LogP contribution is -2.38. The third-order valence-corrected chi connectivity index (χ3v) is 4.45. The smallest absolute Gasteiger partial charge is 0.0576 e. The molecule has 0 aromatic carbocycles. The van der Waals surface area contributed by atoms with E-state index < -0.39 is 0 Å². The highest BCUT2D eigenvalue weighted by atomic mass is 16.3. The predicted molar refractivity (Wildman–Crippen MR) is 70.4 cm³/mol. The summed E-state index contributed by atoms with van der Waals surface area (Å²) >= 11 is 0. The quantitative estimate of drug-likeness (QED) is 0.760. The molecular formula is C15H30O. The van der Waals surface area contributed by atoms with Crippen LogP contribution in [0.1, 0.15) is 66.7 Å². The van der Waals surface area contributed by atoms with E-state index in [2.05, 4.69) is 34.6 Å². The molecule has 0 aliphatic heterocycles. The second-order valence-electron chi connectivity index (χ2n) is 7.01. The van der Waals surface area contributed by atoms with E-state index in [0.29, 0.717) is 17.3 Å². The Labute approximate surface area is 102 Å². The number of aliphatic hydroxyl groups excluding tert-OH is 1. The average Bonchev–Trinajstić information content (AvgIpc) is 2.14. The van der Waals surface area contributed by atoms with Crippen LogP contribution in [0.5, 0.6) is 0 Å². The molecule has 3 atom stereocenters. The Bertz CT molecular complexity index is 207. The summed E-state index contributed by atoms with van der Waals surface area (Å²) in [5.74, 6) is 2.01. The summed E-state index contributed by atoms with van der Waals surface area (Å²) in [7, 11) is 0. The van der Waals surface area contributed by atoms with Gasteiger partial charge >= 0.3 is 0 Å². The van der Waals surface area contributed by atoms with Gasteiger partial charge in [-0.25, -0.2) is 0 Å². The zero-order valence-electron chi connectivity index (χ0n) is 11.8. The van der Waals surface area contributed by atoms with Gasteiger partial charge in [0, 0.05) is 0 Å². The van der Waals surface area contributed by atoms with E-state index in [1.54, 1.807) is 0 Å². The first-order valence-corrected chi connectivity index (χ1v) is 7.01. The summed E-state index contributed by atoms with van der Waals surface area (Å²) in [6, 6.07) is 0. The molecule has 0 bridgehead atoms. The van der Waals surface area contributed by atoms with E-state index in [1.165, 1.54) is 25.7 Å². The SMILES string of the molecule is CC(C)CCC(C)(C)C1CCC(C)CC1O. The molecule has 0 radical (unpaired) electrons. The summed E-state index contributed by atoms with van der Waals surface area (Å²) in [5.41, 5.74) is 0.309. The third kappa shape index (κ3) is 3.76. The Kier molecular flexibility index (Phi) is 4.85. The van der Waals surface area contributed by atoms with Crippen LogP contribution in [0.2, 0.25) is 0 Å². The molecule has 1 saturated carbocycles. The fourth-order valence-corrected chi connectivity index (χ4v) is 3.11. The topological polar surface area (TPSA) is 20.2 Å². The van der Waals surface area contributed by atoms with Crippen LogP contribution < -0.4 is 0 Å². The van der Waals surface area contributed by atoms with E-state index in [-0.39, 0.29) is 6.10 Å². The monoisotopic (exact) mass is 226 g/mol. The number of hydrogen-bond donors (Lipinski definition) is 1. The average molecular weight is 226 g/mol. The van der Waals surface area contributed by atoms with Crippen molar-refractivity contribution >= 4 is 0 Å². The molecule has 96 valence electrons. The molecule has 0 heterocycles. The first kappa shape index (κ1) is 14.0. The molecule has 1 rings (SSSR count). The van der Waals surface area contributed by atoms with Crippen LogP contribution in [0.4, 0.5) is 0 Å². The molecule has 0 saturated heterocycles. The van der Waals surface area contributed by atoms with Crippen LogP contribution in [-0.2, 0) is 0 Å². The number of rotatable bonds is 4. The van der Waals surface area contributed by atoms with Gasteiger partial charge in [-0.2, -0.15) is 0 Å². The van der Waals surface area contributed by atoms with Crippen molar-refractivity contribution in [1.82, 2.24) is 0 Å². The van der Waals surface area contributed by atoms with Crippen molar-refractivity contribution in [2.75, 3.05) is 0 Å². The molecule has 1 heteroatoms. The Hall–Kier alpha value is -0.0400. The molecule has 0 spiro atoms. The van der Waals surface area contributed by atoms with Gasteiger partial charge in [-0.3, -0.25) is 0 Å². The van der Waals surface area contributed by atoms with Crippen LogP contribution >= 0.6 is 0 Å². The normalized spacial score (nSPS) is 32.1. The van der Waals surface area contributed by atoms with Crippen LogP contribution in [0, 0.1) is 23.2 Å². The highest BCUT2D eigenvalue weighted by Crippen LogP contribution is 2.43. The van der Waals surface area contributed by atoms with Gasteiger partial charge < -0.3 is 5.11 Å². The van der Waals surface area contributed by atoms with Gasteiger partial charge in [0.15, 0.2) is 0 Å². The molecule has 1 aliphatic carbocycles. The fraction of sp³-hybridized carbons (Fsp3) is 1.00. The third-order valence-electron chi connectivity index (χ3n) is 4.45. The lowest BCUT2D eigenvalue weighted by atomic mass is 9.65. The van der Waals surface area contributed by atoms with E-state index >= 15 is 0 Å². The summed E-state index contributed by atoms with van der Waals surface area (Å²) in [6.45, 7) is 11.5. The first-order valence-electron chi connectivity index (χ1n) is 7.01. The standard InChI is InChI=1S/C15H30O/c1-11(2)8-9-15(4,5)13-7-6-12(3)10-14(13)16/h11-14,16H,6-10H2,1-5H3. The van der Waals surface area contributed by atoms with E-state index in [4.69, 9.17) is 0 Å². The molecule has 1 fully saturated rings. The second-order valence-corrected chi connectivity index (χ2v) is 7.01. The van der Waals surface area contributed by atoms with Crippen molar-refractivity contribution in [1.29, 1.82) is 0 Å². The Morgan fingerprint density at radius 1 is 1.25 bits per heavy atom. The molecule has 0 aromatic heterocycles. The maximum atomic E-state index is 10.2. The minimum Gasteiger partial charge on any atom is -0.393 e. The molecule has 1 nitrogen and oxygen atoms in total. The van der Waals surface area contributed by atoms with Gasteiger partial charge in [0.05, 0.1) is 6.10 Å². The van der Waals surface area contributed by atoms with Crippen LogP contribution in [0.25, 0.3) is 0 Å². The van der Waals surface area contributed by atoms with Gasteiger partial charge in [0.2, 0.25) is 0 Å². The predicted octanol–water partition coefficient (Wildman–Crippen LogP) is 4.25. The summed E-state index contributed by atoms with van der Waals surface area (Å²) in [4.78, 5) is 0. The maximum Gasteiger partial charge on any atom is 0.0576 e.